The van der Waals surface area contributed by atoms with E-state index in [1.54, 1.807) is 0 Å². The van der Waals surface area contributed by atoms with Gasteiger partial charge in [0.1, 0.15) is 0 Å². The number of halogens is 10. The van der Waals surface area contributed by atoms with E-state index in [2.05, 4.69) is 13.8 Å². The van der Waals surface area contributed by atoms with Gasteiger partial charge in [0.2, 0.25) is 0 Å². The van der Waals surface area contributed by atoms with Crippen molar-refractivity contribution in [3.8, 4) is 0 Å². The van der Waals surface area contributed by atoms with Gasteiger partial charge in [0.05, 0.1) is 0 Å². The van der Waals surface area contributed by atoms with E-state index >= 15 is 0 Å². The van der Waals surface area contributed by atoms with Crippen molar-refractivity contribution >= 4 is 25.6 Å². The Bertz CT molecular complexity index is 2040. The Morgan fingerprint density at radius 2 is 0.369 bits per heavy atom. The number of unbranched alkanes of at least 4 members (excludes halogenated alkanes) is 30. The monoisotopic (exact) mass is 1250 g/mol. The van der Waals surface area contributed by atoms with Crippen molar-refractivity contribution < 1.29 is 62.5 Å². The van der Waals surface area contributed by atoms with Crippen molar-refractivity contribution in [3.63, 3.8) is 0 Å². The minimum absolute atomic E-state index is 0.625. The van der Waals surface area contributed by atoms with E-state index in [9.17, 15) is 53.5 Å². The number of hydrogen-bond acceptors (Lipinski definition) is 4. The maximum atomic E-state index is 14.7. The van der Waals surface area contributed by atoms with Crippen LogP contribution in [0.1, 0.15) is 320 Å². The molecule has 0 heterocycles. The van der Waals surface area contributed by atoms with E-state index < -0.39 is 94.9 Å². The van der Waals surface area contributed by atoms with Gasteiger partial charge in [-0.05, 0) is 0 Å². The summed E-state index contributed by atoms with van der Waals surface area (Å²) in [6.45, 7) is 9.94. The van der Waals surface area contributed by atoms with Crippen molar-refractivity contribution in [2.24, 2.45) is 0 Å². The van der Waals surface area contributed by atoms with E-state index in [-0.39, 0.29) is 0 Å². The molecule has 0 radical (unpaired) electrons. The predicted octanol–water partition coefficient (Wildman–Crippen LogP) is 25.0. The fourth-order valence-corrected chi connectivity index (χ4v) is 25.5. The zero-order valence-electron chi connectivity index (χ0n) is 53.8. The normalized spacial score (nSPS) is 12.8. The van der Waals surface area contributed by atoms with Crippen molar-refractivity contribution in [2.75, 3.05) is 49.3 Å². The fourth-order valence-electron chi connectivity index (χ4n) is 12.2. The molecule has 0 aliphatic rings. The number of benzene rings is 2. The van der Waals surface area contributed by atoms with Crippen LogP contribution in [0.5, 0.6) is 0 Å². The first kappa shape index (κ1) is 79.6. The van der Waals surface area contributed by atoms with E-state index in [1.807, 2.05) is 41.5 Å². The molecular formula is C68H116F10O4P2. The Morgan fingerprint density at radius 1 is 0.226 bits per heavy atom. The van der Waals surface area contributed by atoms with Crippen molar-refractivity contribution in [1.82, 2.24) is 0 Å². The van der Waals surface area contributed by atoms with Crippen LogP contribution < -0.4 is 0 Å². The second-order valence-electron chi connectivity index (χ2n) is 24.8. The van der Waals surface area contributed by atoms with Crippen LogP contribution in [-0.2, 0) is 9.05 Å². The molecular weight excluding hydrogens is 1130 g/mol. The third kappa shape index (κ3) is 26.7. The van der Waals surface area contributed by atoms with Crippen LogP contribution in [-0.4, -0.2) is 61.2 Å². The number of carbonyl (C=O) groups excluding carboxylic acids is 2. The third-order valence-corrected chi connectivity index (χ3v) is 30.6. The van der Waals surface area contributed by atoms with Gasteiger partial charge in [-0.1, -0.05) is 51.9 Å². The summed E-state index contributed by atoms with van der Waals surface area (Å²) in [5, 5.41) is 0. The number of rotatable bonds is 50. The first-order valence-electron chi connectivity index (χ1n) is 33.8. The van der Waals surface area contributed by atoms with Gasteiger partial charge >= 0.3 is 454 Å². The van der Waals surface area contributed by atoms with Gasteiger partial charge in [-0.2, -0.15) is 0 Å². The van der Waals surface area contributed by atoms with Gasteiger partial charge in [0.25, 0.3) is 0 Å². The number of carbonyl (C=O) groups is 2. The van der Waals surface area contributed by atoms with Crippen LogP contribution in [0.3, 0.4) is 0 Å². The summed E-state index contributed by atoms with van der Waals surface area (Å²) >= 11 is 0. The average Bonchev–Trinajstić information content (AvgIpc) is 3.27. The maximum absolute atomic E-state index is 14.7. The molecule has 0 aliphatic heterocycles. The fraction of sp³-hybridized carbons (Fsp3) is 0.794. The summed E-state index contributed by atoms with van der Waals surface area (Å²) in [5.41, 5.74) is -2.93. The molecule has 0 fully saturated rings. The summed E-state index contributed by atoms with van der Waals surface area (Å²) in [4.78, 5) is 26.8. The molecule has 492 valence electrons. The zero-order chi connectivity index (χ0) is 62.9. The summed E-state index contributed by atoms with van der Waals surface area (Å²) in [7, 11) is 0. The molecule has 0 aliphatic carbocycles. The van der Waals surface area contributed by atoms with Gasteiger partial charge < -0.3 is 0 Å². The van der Waals surface area contributed by atoms with Gasteiger partial charge in [0.15, 0.2) is 0 Å². The van der Waals surface area contributed by atoms with Crippen LogP contribution in [0.2, 0.25) is 0 Å². The SMILES string of the molecule is CCCCCCCCCCCCCCCCCCCCP(CCCC)(CCCC)(CCCC)OC(=O)c1c(F)c(F)c(F)c(F)c1F.CCCCCCCCCCP(CCCC)(CCCC)(CCCC)OC(=O)c1c(F)c(F)c(F)c(F)c1F. The molecule has 0 amide bonds. The van der Waals surface area contributed by atoms with E-state index in [0.29, 0.717) is 49.3 Å². The van der Waals surface area contributed by atoms with Crippen LogP contribution in [0.25, 0.3) is 0 Å². The molecule has 0 unspecified atom stereocenters. The molecule has 0 aromatic heterocycles. The van der Waals surface area contributed by atoms with E-state index in [1.165, 1.54) is 116 Å². The average molecular weight is 1250 g/mol. The quantitative estimate of drug-likeness (QED) is 0.0218. The Labute approximate surface area is 504 Å². The standard InChI is InChI=1S/C39H68F5O2P.C29H48F5O2P/c1-5-9-13-14-15-16-17-18-19-20-21-22-23-24-25-26-27-28-32-47(29-10-6-2,30-11-7-3,31-12-8-4)46-39(45)33-34(40)36(42)38(44)37(43)35(33)41;1-5-9-13-14-15-16-17-18-22-37(19-10-6-2,20-11-7-3,21-12-8-4)36-29(35)23-24(30)26(32)28(34)27(33)25(23)31/h5-32H2,1-4H3;5-22H2,1-4H3. The molecule has 0 atom stereocenters. The summed E-state index contributed by atoms with van der Waals surface area (Å²) in [6, 6.07) is 0. The first-order valence-corrected chi connectivity index (χ1v) is 39.5. The van der Waals surface area contributed by atoms with Crippen molar-refractivity contribution in [1.29, 1.82) is 0 Å². The summed E-state index contributed by atoms with van der Waals surface area (Å²) < 4.78 is 155. The molecule has 84 heavy (non-hydrogen) atoms. The van der Waals surface area contributed by atoms with Gasteiger partial charge in [0, 0.05) is 0 Å². The van der Waals surface area contributed by atoms with Crippen molar-refractivity contribution in [3.05, 3.63) is 69.3 Å². The molecule has 2 aromatic rings. The number of hydrogen-bond donors (Lipinski definition) is 0. The van der Waals surface area contributed by atoms with Crippen molar-refractivity contribution in [2.45, 2.75) is 299 Å². The van der Waals surface area contributed by atoms with Crippen LogP contribution >= 0.6 is 13.7 Å². The summed E-state index contributed by atoms with van der Waals surface area (Å²) in [5.74, 6) is -24.3. The molecule has 0 bridgehead atoms. The van der Waals surface area contributed by atoms with Gasteiger partial charge in [-0.15, -0.1) is 0 Å². The first-order chi connectivity index (χ1) is 40.2. The molecule has 2 aromatic carbocycles. The van der Waals surface area contributed by atoms with E-state index in [0.717, 1.165) is 128 Å². The Hall–Kier alpha value is -2.46. The van der Waals surface area contributed by atoms with Gasteiger partial charge in [-0.25, -0.2) is 0 Å². The Morgan fingerprint density at radius 3 is 0.548 bits per heavy atom. The minimum atomic E-state index is -3.39. The Balaban J connectivity index is 0.000000864. The molecule has 4 nitrogen and oxygen atoms in total. The topological polar surface area (TPSA) is 52.6 Å². The third-order valence-electron chi connectivity index (χ3n) is 17.6. The second kappa shape index (κ2) is 44.1. The Kier molecular flexibility index (Phi) is 41.7. The van der Waals surface area contributed by atoms with Crippen LogP contribution in [0, 0.1) is 58.2 Å². The van der Waals surface area contributed by atoms with Crippen LogP contribution in [0.4, 0.5) is 43.9 Å². The predicted molar refractivity (Wildman–Crippen MR) is 337 cm³/mol. The zero-order valence-corrected chi connectivity index (χ0v) is 55.6. The van der Waals surface area contributed by atoms with Gasteiger partial charge in [-0.3, -0.25) is 0 Å². The molecule has 0 N–H and O–H groups in total. The van der Waals surface area contributed by atoms with E-state index in [4.69, 9.17) is 9.05 Å². The molecule has 0 saturated carbocycles. The molecule has 2 rings (SSSR count). The molecule has 0 spiro atoms. The molecule has 16 heteroatoms. The summed E-state index contributed by atoms with van der Waals surface area (Å²) in [6.07, 6.45) is 46.5. The molecule has 0 saturated heterocycles. The second-order valence-corrected chi connectivity index (χ2v) is 36.1. The van der Waals surface area contributed by atoms with Crippen LogP contribution in [0.15, 0.2) is 0 Å².